The molecule has 92 valence electrons. The van der Waals surface area contributed by atoms with Crippen LogP contribution in [-0.2, 0) is 4.79 Å². The van der Waals surface area contributed by atoms with Gasteiger partial charge in [0.05, 0.1) is 27.8 Å². The number of thiophene rings is 1. The number of hydrogen-bond donors (Lipinski definition) is 1. The third-order valence-electron chi connectivity index (χ3n) is 3.36. The Morgan fingerprint density at radius 2 is 2.28 bits per heavy atom. The van der Waals surface area contributed by atoms with Gasteiger partial charge in [-0.1, -0.05) is 17.8 Å². The average molecular weight is 276 g/mol. The molecule has 0 aromatic carbocycles. The van der Waals surface area contributed by atoms with Gasteiger partial charge in [-0.2, -0.15) is 5.26 Å². The van der Waals surface area contributed by atoms with E-state index in [2.05, 4.69) is 6.07 Å². The Bertz CT molecular complexity index is 552. The van der Waals surface area contributed by atoms with Gasteiger partial charge in [0.1, 0.15) is 5.78 Å². The molecule has 1 aromatic heterocycles. The first-order chi connectivity index (χ1) is 8.72. The van der Waals surface area contributed by atoms with Gasteiger partial charge in [-0.3, -0.25) is 4.79 Å². The number of hydrogen-bond acceptors (Lipinski definition) is 5. The summed E-state index contributed by atoms with van der Waals surface area (Å²) in [6.45, 7) is 0. The molecule has 0 amide bonds. The average Bonchev–Trinajstić information content (AvgIpc) is 2.97. The molecule has 0 radical (unpaired) electrons. The number of nitrogens with two attached hydrogens (primary N) is 1. The number of nitriles is 1. The van der Waals surface area contributed by atoms with Crippen molar-refractivity contribution in [2.45, 2.75) is 24.0 Å². The monoisotopic (exact) mass is 276 g/mol. The molecule has 18 heavy (non-hydrogen) atoms. The summed E-state index contributed by atoms with van der Waals surface area (Å²) in [7, 11) is 0. The molecule has 2 aliphatic rings. The summed E-state index contributed by atoms with van der Waals surface area (Å²) < 4.78 is 0. The van der Waals surface area contributed by atoms with Gasteiger partial charge in [0.15, 0.2) is 0 Å². The summed E-state index contributed by atoms with van der Waals surface area (Å²) in [5, 5.41) is 11.6. The molecule has 2 atom stereocenters. The zero-order chi connectivity index (χ0) is 12.7. The summed E-state index contributed by atoms with van der Waals surface area (Å²) in [6.07, 6.45) is 1.99. The molecular weight excluding hydrogens is 264 g/mol. The van der Waals surface area contributed by atoms with Crippen LogP contribution in [-0.4, -0.2) is 11.0 Å². The lowest BCUT2D eigenvalue weighted by Crippen LogP contribution is -2.24. The lowest BCUT2D eigenvalue weighted by atomic mass is 9.91. The largest absolute Gasteiger partial charge is 0.393 e. The predicted octanol–water partition coefficient (Wildman–Crippen LogP) is 2.62. The molecule has 0 unspecified atom stereocenters. The highest BCUT2D eigenvalue weighted by Gasteiger charge is 2.45. The SMILES string of the molecule is N#CC1=C(N)S[C@@H](C(=O)C2CC2)[C@@H]1c1cccs1. The molecule has 1 aliphatic carbocycles. The summed E-state index contributed by atoms with van der Waals surface area (Å²) in [4.78, 5) is 13.4. The highest BCUT2D eigenvalue weighted by Crippen LogP contribution is 2.49. The maximum atomic E-state index is 12.3. The van der Waals surface area contributed by atoms with Crippen LogP contribution < -0.4 is 5.73 Å². The van der Waals surface area contributed by atoms with E-state index in [9.17, 15) is 10.1 Å². The molecule has 3 rings (SSSR count). The van der Waals surface area contributed by atoms with Crippen molar-refractivity contribution in [1.29, 1.82) is 5.26 Å². The molecule has 0 bridgehead atoms. The Kier molecular flexibility index (Phi) is 2.92. The van der Waals surface area contributed by atoms with Crippen molar-refractivity contribution in [2.24, 2.45) is 11.7 Å². The number of thioether (sulfide) groups is 1. The van der Waals surface area contributed by atoms with Crippen molar-refractivity contribution in [1.82, 2.24) is 0 Å². The Morgan fingerprint density at radius 3 is 2.83 bits per heavy atom. The maximum Gasteiger partial charge on any atom is 0.150 e. The first-order valence-electron chi connectivity index (χ1n) is 5.86. The number of carbonyl (C=O) groups excluding carboxylic acids is 1. The second kappa shape index (κ2) is 4.45. The molecule has 5 heteroatoms. The highest BCUT2D eigenvalue weighted by atomic mass is 32.2. The van der Waals surface area contributed by atoms with Gasteiger partial charge in [-0.25, -0.2) is 0 Å². The number of carbonyl (C=O) groups is 1. The number of Topliss-reactive ketones (excluding diaryl/α,β-unsaturated/α-hetero) is 1. The van der Waals surface area contributed by atoms with Gasteiger partial charge in [-0.15, -0.1) is 11.3 Å². The van der Waals surface area contributed by atoms with Gasteiger partial charge >= 0.3 is 0 Å². The standard InChI is InChI=1S/C13H12N2OS2/c14-6-8-10(9-2-1-5-17-9)12(18-13(8)15)11(16)7-3-4-7/h1-2,5,7,10,12H,3-4,15H2/t10-,12+/m0/s1. The zero-order valence-electron chi connectivity index (χ0n) is 9.63. The van der Waals surface area contributed by atoms with E-state index in [1.807, 2.05) is 17.5 Å². The van der Waals surface area contributed by atoms with E-state index in [-0.39, 0.29) is 22.9 Å². The van der Waals surface area contributed by atoms with Gasteiger partial charge in [0.25, 0.3) is 0 Å². The molecule has 0 spiro atoms. The van der Waals surface area contributed by atoms with Gasteiger partial charge < -0.3 is 5.73 Å². The van der Waals surface area contributed by atoms with Crippen LogP contribution in [0.5, 0.6) is 0 Å². The molecule has 1 saturated carbocycles. The van der Waals surface area contributed by atoms with Crippen LogP contribution in [0.3, 0.4) is 0 Å². The molecule has 2 N–H and O–H groups in total. The quantitative estimate of drug-likeness (QED) is 0.921. The van der Waals surface area contributed by atoms with Crippen LogP contribution in [0, 0.1) is 17.2 Å². The van der Waals surface area contributed by atoms with Crippen molar-refractivity contribution in [3.05, 3.63) is 33.0 Å². The van der Waals surface area contributed by atoms with E-state index in [1.165, 1.54) is 11.8 Å². The van der Waals surface area contributed by atoms with Crippen LogP contribution >= 0.6 is 23.1 Å². The first kappa shape index (κ1) is 11.8. The van der Waals surface area contributed by atoms with Gasteiger partial charge in [0, 0.05) is 10.8 Å². The normalized spacial score (nSPS) is 27.3. The third-order valence-corrected chi connectivity index (χ3v) is 5.55. The summed E-state index contributed by atoms with van der Waals surface area (Å²) >= 11 is 2.96. The predicted molar refractivity (Wildman–Crippen MR) is 73.0 cm³/mol. The van der Waals surface area contributed by atoms with Crippen LogP contribution in [0.25, 0.3) is 0 Å². The van der Waals surface area contributed by atoms with E-state index >= 15 is 0 Å². The van der Waals surface area contributed by atoms with Crippen molar-refractivity contribution < 1.29 is 4.79 Å². The fourth-order valence-corrected chi connectivity index (χ4v) is 4.54. The molecule has 0 saturated heterocycles. The summed E-state index contributed by atoms with van der Waals surface area (Å²) in [5.41, 5.74) is 6.48. The number of allylic oxidation sites excluding steroid dienone is 1. The van der Waals surface area contributed by atoms with Crippen molar-refractivity contribution in [3.63, 3.8) is 0 Å². The minimum atomic E-state index is -0.189. The minimum Gasteiger partial charge on any atom is -0.393 e. The lowest BCUT2D eigenvalue weighted by Gasteiger charge is -2.16. The van der Waals surface area contributed by atoms with Crippen molar-refractivity contribution in [3.8, 4) is 6.07 Å². The molecule has 2 heterocycles. The molecule has 1 aliphatic heterocycles. The van der Waals surface area contributed by atoms with Crippen LogP contribution in [0.15, 0.2) is 28.1 Å². The molecule has 1 aromatic rings. The fraction of sp³-hybridized carbons (Fsp3) is 0.385. The summed E-state index contributed by atoms with van der Waals surface area (Å²) in [5.74, 6) is 0.343. The Labute approximate surface area is 114 Å². The Morgan fingerprint density at radius 1 is 1.50 bits per heavy atom. The smallest absolute Gasteiger partial charge is 0.150 e. The van der Waals surface area contributed by atoms with E-state index in [0.717, 1.165) is 17.7 Å². The van der Waals surface area contributed by atoms with E-state index in [0.29, 0.717) is 10.6 Å². The van der Waals surface area contributed by atoms with Crippen LogP contribution in [0.4, 0.5) is 0 Å². The fourth-order valence-electron chi connectivity index (χ4n) is 2.28. The van der Waals surface area contributed by atoms with E-state index in [1.54, 1.807) is 11.3 Å². The molecule has 3 nitrogen and oxygen atoms in total. The lowest BCUT2D eigenvalue weighted by molar-refractivity contribution is -0.119. The van der Waals surface area contributed by atoms with E-state index < -0.39 is 0 Å². The Hall–Kier alpha value is -1.25. The number of ketones is 1. The number of rotatable bonds is 3. The first-order valence-corrected chi connectivity index (χ1v) is 7.62. The molecular formula is C13H12N2OS2. The second-order valence-electron chi connectivity index (χ2n) is 4.60. The summed E-state index contributed by atoms with van der Waals surface area (Å²) in [6, 6.07) is 6.12. The minimum absolute atomic E-state index is 0.131. The third kappa shape index (κ3) is 1.86. The van der Waals surface area contributed by atoms with Crippen LogP contribution in [0.2, 0.25) is 0 Å². The zero-order valence-corrected chi connectivity index (χ0v) is 11.3. The maximum absolute atomic E-state index is 12.3. The number of nitrogens with zero attached hydrogens (tertiary/aromatic N) is 1. The topological polar surface area (TPSA) is 66.9 Å². The Balaban J connectivity index is 1.97. The highest BCUT2D eigenvalue weighted by molar-refractivity contribution is 8.04. The van der Waals surface area contributed by atoms with Crippen molar-refractivity contribution in [2.75, 3.05) is 0 Å². The van der Waals surface area contributed by atoms with Crippen molar-refractivity contribution >= 4 is 28.9 Å². The molecule has 1 fully saturated rings. The van der Waals surface area contributed by atoms with Gasteiger partial charge in [-0.05, 0) is 24.3 Å². The second-order valence-corrected chi connectivity index (χ2v) is 6.76. The van der Waals surface area contributed by atoms with E-state index in [4.69, 9.17) is 5.73 Å². The van der Waals surface area contributed by atoms with Crippen LogP contribution in [0.1, 0.15) is 23.6 Å². The van der Waals surface area contributed by atoms with Gasteiger partial charge in [0.2, 0.25) is 0 Å².